The Morgan fingerprint density at radius 2 is 0.557 bits per heavy atom. The molecule has 5 rings (SSSR count). The van der Waals surface area contributed by atoms with Crippen molar-refractivity contribution in [2.75, 3.05) is 19.6 Å². The molecule has 1 aliphatic carbocycles. The van der Waals surface area contributed by atoms with Crippen LogP contribution in [-0.2, 0) is 0 Å². The second kappa shape index (κ2) is 19.7. The number of nitrogens with one attached hydrogen (secondary N) is 1. The van der Waals surface area contributed by atoms with Gasteiger partial charge in [-0.2, -0.15) is 0 Å². The van der Waals surface area contributed by atoms with Crippen LogP contribution in [0.15, 0.2) is 0 Å². The fourth-order valence-corrected chi connectivity index (χ4v) is 7.86. The first-order valence-corrected chi connectivity index (χ1v) is 18.6. The zero-order valence-electron chi connectivity index (χ0n) is 31.7. The lowest BCUT2D eigenvalue weighted by atomic mass is 9.12. The van der Waals surface area contributed by atoms with Gasteiger partial charge in [-0.15, -0.1) is 21.9 Å². The van der Waals surface area contributed by atoms with E-state index in [9.17, 15) is 52.7 Å². The van der Waals surface area contributed by atoms with E-state index in [4.69, 9.17) is 0 Å². The third-order valence-electron chi connectivity index (χ3n) is 10.8. The van der Waals surface area contributed by atoms with Crippen LogP contribution < -0.4 is 26.8 Å². The van der Waals surface area contributed by atoms with Crippen LogP contribution in [-0.4, -0.2) is 25.8 Å². The molecular weight excluding hydrogens is 873 g/mol. The van der Waals surface area contributed by atoms with E-state index in [0.29, 0.717) is 0 Å². The molecule has 1 saturated carbocycles. The molecule has 61 heavy (non-hydrogen) atoms. The van der Waals surface area contributed by atoms with Crippen LogP contribution in [0, 0.1) is 122 Å². The summed E-state index contributed by atoms with van der Waals surface area (Å²) in [5.41, 5.74) is -14.3. The van der Waals surface area contributed by atoms with Gasteiger partial charge in [0.05, 0.1) is 19.6 Å². The van der Waals surface area contributed by atoms with Gasteiger partial charge in [-0.3, -0.25) is 0 Å². The average molecular weight is 905 g/mol. The highest BCUT2D eigenvalue weighted by Gasteiger charge is 2.52. The van der Waals surface area contributed by atoms with Gasteiger partial charge < -0.3 is 4.90 Å². The summed E-state index contributed by atoms with van der Waals surface area (Å²) in [6.45, 7) is 8.95. The maximum atomic E-state index is 15.4. The molecule has 0 saturated heterocycles. The molecule has 0 aliphatic heterocycles. The summed E-state index contributed by atoms with van der Waals surface area (Å²) in [5.74, 6) is -70.4. The predicted octanol–water partition coefficient (Wildman–Crippen LogP) is 8.90. The number of quaternary nitrogens is 1. The summed E-state index contributed by atoms with van der Waals surface area (Å²) in [5, 5.41) is 0. The first-order chi connectivity index (χ1) is 28.6. The van der Waals surface area contributed by atoms with Gasteiger partial charge in [-0.25, -0.2) is 87.8 Å². The van der Waals surface area contributed by atoms with Crippen LogP contribution >= 0.6 is 0 Å². The molecule has 0 unspecified atom stereocenters. The van der Waals surface area contributed by atoms with Crippen molar-refractivity contribution in [1.82, 2.24) is 0 Å². The molecule has 0 amide bonds. The van der Waals surface area contributed by atoms with E-state index in [2.05, 4.69) is 13.8 Å². The standard InChI is InChI=1S/C24BF20.C15H31N/c26-5-1(6(27)14(35)21(42)13(5)34)25(2-7(28)15(36)22(43)16(37)8(2)29,3-9(30)17(38)23(44)18(39)10(3)31)4-11(32)19(40)24(45)20(41)12(4)33;1-3-5-12-16(13-6-4-2)14-15-10-8-7-9-11-15/h;15H,3-14H2,1-2H3/q-1;/p+1. The third kappa shape index (κ3) is 8.65. The van der Waals surface area contributed by atoms with Gasteiger partial charge in [0, 0.05) is 5.92 Å². The predicted molar refractivity (Wildman–Crippen MR) is 181 cm³/mol. The molecule has 0 spiro atoms. The monoisotopic (exact) mass is 905 g/mol. The molecule has 0 atom stereocenters. The molecule has 0 bridgehead atoms. The second-order valence-corrected chi connectivity index (χ2v) is 14.5. The van der Waals surface area contributed by atoms with Gasteiger partial charge >= 0.3 is 0 Å². The van der Waals surface area contributed by atoms with Crippen molar-refractivity contribution >= 4 is 28.0 Å². The summed E-state index contributed by atoms with van der Waals surface area (Å²) in [4.78, 5) is 1.90. The Balaban J connectivity index is 0.000000430. The maximum absolute atomic E-state index is 15.4. The Morgan fingerprint density at radius 3 is 0.770 bits per heavy atom. The number of halogens is 20. The summed E-state index contributed by atoms with van der Waals surface area (Å²) in [6, 6.07) is 0. The maximum Gasteiger partial charge on any atom is 0.200 e. The van der Waals surface area contributed by atoms with Crippen LogP contribution in [0.2, 0.25) is 0 Å². The minimum Gasteiger partial charge on any atom is -0.335 e. The fourth-order valence-electron chi connectivity index (χ4n) is 7.86. The SMILES string of the molecule is CCCC[NH+](CCCC)CC1CCCCC1.Fc1c(F)c(F)c([B-](c2c(F)c(F)c(F)c(F)c2F)(c2c(F)c(F)c(F)c(F)c2F)c2c(F)c(F)c(F)c(F)c2F)c(F)c1F. The molecule has 0 heterocycles. The Labute approximate surface area is 334 Å². The molecule has 1 fully saturated rings. The number of hydrogen-bond donors (Lipinski definition) is 1. The van der Waals surface area contributed by atoms with Crippen molar-refractivity contribution in [3.8, 4) is 0 Å². The van der Waals surface area contributed by atoms with Crippen molar-refractivity contribution in [1.29, 1.82) is 0 Å². The lowest BCUT2D eigenvalue weighted by Crippen LogP contribution is -3.12. The molecule has 4 aromatic rings. The summed E-state index contributed by atoms with van der Waals surface area (Å²) >= 11 is 0. The van der Waals surface area contributed by atoms with Crippen LogP contribution in [0.1, 0.15) is 71.6 Å². The first kappa shape index (κ1) is 49.2. The van der Waals surface area contributed by atoms with E-state index in [1.807, 2.05) is 4.90 Å². The van der Waals surface area contributed by atoms with E-state index >= 15 is 35.1 Å². The van der Waals surface area contributed by atoms with E-state index in [0.717, 1.165) is 5.92 Å². The van der Waals surface area contributed by atoms with Gasteiger partial charge in [0.15, 0.2) is 69.8 Å². The van der Waals surface area contributed by atoms with E-state index in [1.165, 1.54) is 77.4 Å². The normalized spacial score (nSPS) is 13.6. The molecular formula is C39H32BF20N. The highest BCUT2D eigenvalue weighted by molar-refractivity contribution is 7.20. The van der Waals surface area contributed by atoms with Crippen LogP contribution in [0.4, 0.5) is 87.8 Å². The van der Waals surface area contributed by atoms with E-state index < -0.39 is 144 Å². The highest BCUT2D eigenvalue weighted by atomic mass is 19.2. The van der Waals surface area contributed by atoms with Crippen LogP contribution in [0.5, 0.6) is 0 Å². The Kier molecular flexibility index (Phi) is 15.9. The van der Waals surface area contributed by atoms with Crippen LogP contribution in [0.25, 0.3) is 0 Å². The van der Waals surface area contributed by atoms with Crippen molar-refractivity contribution < 1.29 is 92.7 Å². The van der Waals surface area contributed by atoms with Crippen molar-refractivity contribution in [3.63, 3.8) is 0 Å². The molecule has 0 radical (unpaired) electrons. The van der Waals surface area contributed by atoms with Gasteiger partial charge in [0.1, 0.15) is 52.7 Å². The van der Waals surface area contributed by atoms with E-state index in [1.54, 1.807) is 0 Å². The van der Waals surface area contributed by atoms with Crippen molar-refractivity contribution in [2.45, 2.75) is 71.6 Å². The number of rotatable bonds is 12. The molecule has 0 aromatic heterocycles. The average Bonchev–Trinajstić information content (AvgIpc) is 3.25. The Bertz CT molecular complexity index is 1890. The Morgan fingerprint density at radius 1 is 0.344 bits per heavy atom. The smallest absolute Gasteiger partial charge is 0.200 e. The minimum absolute atomic E-state index is 1.05. The molecule has 1 N–H and O–H groups in total. The quantitative estimate of drug-likeness (QED) is 0.0628. The van der Waals surface area contributed by atoms with Gasteiger partial charge in [0.25, 0.3) is 0 Å². The summed E-state index contributed by atoms with van der Waals surface area (Å²) in [7, 11) is 0. The number of hydrogen-bond acceptors (Lipinski definition) is 0. The zero-order valence-corrected chi connectivity index (χ0v) is 31.7. The number of benzene rings is 4. The fraction of sp³-hybridized carbons (Fsp3) is 0.385. The lowest BCUT2D eigenvalue weighted by molar-refractivity contribution is -0.904. The molecule has 22 heteroatoms. The summed E-state index contributed by atoms with van der Waals surface area (Å²) in [6.07, 6.45) is 5.88. The molecule has 1 nitrogen and oxygen atoms in total. The number of unbranched alkanes of at least 4 members (excludes halogenated alkanes) is 2. The van der Waals surface area contributed by atoms with Gasteiger partial charge in [-0.05, 0) is 25.7 Å². The van der Waals surface area contributed by atoms with Crippen LogP contribution in [0.3, 0.4) is 0 Å². The summed E-state index contributed by atoms with van der Waals surface area (Å²) < 4.78 is 294. The van der Waals surface area contributed by atoms with Gasteiger partial charge in [0.2, 0.25) is 0 Å². The third-order valence-corrected chi connectivity index (χ3v) is 10.8. The highest BCUT2D eigenvalue weighted by Crippen LogP contribution is 2.31. The lowest BCUT2D eigenvalue weighted by Gasteiger charge is -2.44. The zero-order chi connectivity index (χ0) is 46.0. The molecule has 4 aromatic carbocycles. The first-order valence-electron chi connectivity index (χ1n) is 18.6. The largest absolute Gasteiger partial charge is 0.335 e. The van der Waals surface area contributed by atoms with Gasteiger partial charge in [-0.1, -0.05) is 46.0 Å². The topological polar surface area (TPSA) is 4.44 Å². The van der Waals surface area contributed by atoms with Crippen molar-refractivity contribution in [2.24, 2.45) is 5.92 Å². The molecule has 336 valence electrons. The minimum atomic E-state index is -7.22. The second-order valence-electron chi connectivity index (χ2n) is 14.5. The van der Waals surface area contributed by atoms with Crippen molar-refractivity contribution in [3.05, 3.63) is 116 Å². The molecule has 1 aliphatic rings. The van der Waals surface area contributed by atoms with E-state index in [-0.39, 0.29) is 0 Å². The Hall–Kier alpha value is -4.50.